The lowest BCUT2D eigenvalue weighted by molar-refractivity contribution is -0.137. The molecule has 0 radical (unpaired) electrons. The maximum atomic E-state index is 12.3. The summed E-state index contributed by atoms with van der Waals surface area (Å²) < 4.78 is 37.0. The standard InChI is InChI=1S/C13H9F3N2O2/c14-13(15,16)10-3-1-9(2-4-10)12(19)20-18-11-5-8(6-11)7-17/h1-4,8H,5-6H2. The van der Waals surface area contributed by atoms with Gasteiger partial charge in [0.05, 0.1) is 28.8 Å². The molecule has 0 amide bonds. The molecule has 1 aromatic carbocycles. The predicted molar refractivity (Wildman–Crippen MR) is 62.6 cm³/mol. The average molecular weight is 282 g/mol. The lowest BCUT2D eigenvalue weighted by Gasteiger charge is -2.19. The van der Waals surface area contributed by atoms with E-state index in [-0.39, 0.29) is 11.5 Å². The Labute approximate surface area is 112 Å². The molecular weight excluding hydrogens is 273 g/mol. The van der Waals surface area contributed by atoms with Gasteiger partial charge >= 0.3 is 12.1 Å². The van der Waals surface area contributed by atoms with E-state index in [2.05, 4.69) is 9.99 Å². The molecule has 4 nitrogen and oxygen atoms in total. The molecule has 1 aliphatic rings. The lowest BCUT2D eigenvalue weighted by atomic mass is 9.85. The van der Waals surface area contributed by atoms with Gasteiger partial charge in [-0.05, 0) is 24.3 Å². The number of alkyl halides is 3. The molecule has 1 fully saturated rings. The molecule has 0 heterocycles. The van der Waals surface area contributed by atoms with Crippen molar-refractivity contribution in [1.29, 1.82) is 5.26 Å². The Morgan fingerprint density at radius 1 is 1.30 bits per heavy atom. The molecule has 0 unspecified atom stereocenters. The smallest absolute Gasteiger partial charge is 0.313 e. The molecule has 1 saturated carbocycles. The van der Waals surface area contributed by atoms with Gasteiger partial charge in [-0.1, -0.05) is 5.16 Å². The monoisotopic (exact) mass is 282 g/mol. The molecule has 0 N–H and O–H groups in total. The Morgan fingerprint density at radius 3 is 2.40 bits per heavy atom. The van der Waals surface area contributed by atoms with Crippen molar-refractivity contribution in [3.05, 3.63) is 35.4 Å². The molecular formula is C13H9F3N2O2. The maximum absolute atomic E-state index is 12.3. The molecule has 0 bridgehead atoms. The summed E-state index contributed by atoms with van der Waals surface area (Å²) in [6.07, 6.45) is -3.53. The van der Waals surface area contributed by atoms with Crippen molar-refractivity contribution in [3.63, 3.8) is 0 Å². The Kier molecular flexibility index (Phi) is 3.74. The molecule has 0 aliphatic heterocycles. The maximum Gasteiger partial charge on any atom is 0.416 e. The van der Waals surface area contributed by atoms with Crippen molar-refractivity contribution in [3.8, 4) is 6.07 Å². The van der Waals surface area contributed by atoms with Crippen LogP contribution in [0.3, 0.4) is 0 Å². The summed E-state index contributed by atoms with van der Waals surface area (Å²) in [4.78, 5) is 16.1. The molecule has 2 rings (SSSR count). The number of nitrogens with zero attached hydrogens (tertiary/aromatic N) is 2. The van der Waals surface area contributed by atoms with E-state index in [4.69, 9.17) is 5.26 Å². The first-order valence-corrected chi connectivity index (χ1v) is 5.74. The molecule has 0 spiro atoms. The van der Waals surface area contributed by atoms with Crippen molar-refractivity contribution in [1.82, 2.24) is 0 Å². The summed E-state index contributed by atoms with van der Waals surface area (Å²) in [7, 11) is 0. The largest absolute Gasteiger partial charge is 0.416 e. The summed E-state index contributed by atoms with van der Waals surface area (Å²) in [5.74, 6) is -0.926. The molecule has 0 atom stereocenters. The number of hydrogen-bond acceptors (Lipinski definition) is 4. The van der Waals surface area contributed by atoms with Gasteiger partial charge in [-0.25, -0.2) is 4.79 Å². The van der Waals surface area contributed by atoms with Crippen LogP contribution in [-0.2, 0) is 11.0 Å². The third kappa shape index (κ3) is 3.15. The van der Waals surface area contributed by atoms with Crippen LogP contribution in [0.5, 0.6) is 0 Å². The topological polar surface area (TPSA) is 62.4 Å². The van der Waals surface area contributed by atoms with Gasteiger partial charge in [0.2, 0.25) is 0 Å². The van der Waals surface area contributed by atoms with Crippen molar-refractivity contribution < 1.29 is 22.8 Å². The van der Waals surface area contributed by atoms with E-state index in [0.717, 1.165) is 24.3 Å². The van der Waals surface area contributed by atoms with Crippen molar-refractivity contribution in [2.24, 2.45) is 11.1 Å². The highest BCUT2D eigenvalue weighted by Gasteiger charge is 2.30. The quantitative estimate of drug-likeness (QED) is 0.618. The number of nitriles is 1. The summed E-state index contributed by atoms with van der Waals surface area (Å²) in [6, 6.07) is 5.72. The SMILES string of the molecule is N#CC1CC(=NOC(=O)c2ccc(C(F)(F)F)cc2)C1. The average Bonchev–Trinajstić information content (AvgIpc) is 2.36. The zero-order chi connectivity index (χ0) is 14.8. The van der Waals surface area contributed by atoms with E-state index in [1.807, 2.05) is 6.07 Å². The van der Waals surface area contributed by atoms with Gasteiger partial charge in [0.1, 0.15) is 0 Å². The number of carbonyl (C=O) groups excluding carboxylic acids is 1. The number of oxime groups is 1. The van der Waals surface area contributed by atoms with Crippen LogP contribution in [0.25, 0.3) is 0 Å². The van der Waals surface area contributed by atoms with E-state index >= 15 is 0 Å². The second-order valence-electron chi connectivity index (χ2n) is 4.35. The van der Waals surface area contributed by atoms with Crippen molar-refractivity contribution in [2.75, 3.05) is 0 Å². The Bertz CT molecular complexity index is 577. The number of halogens is 3. The molecule has 0 saturated heterocycles. The van der Waals surface area contributed by atoms with Crippen LogP contribution in [0.1, 0.15) is 28.8 Å². The van der Waals surface area contributed by atoms with E-state index in [1.54, 1.807) is 0 Å². The molecule has 104 valence electrons. The minimum atomic E-state index is -4.44. The third-order valence-electron chi connectivity index (χ3n) is 2.85. The minimum Gasteiger partial charge on any atom is -0.313 e. The second kappa shape index (κ2) is 5.33. The molecule has 1 aromatic rings. The summed E-state index contributed by atoms with van der Waals surface area (Å²) in [5, 5.41) is 12.1. The van der Waals surface area contributed by atoms with Gasteiger partial charge in [-0.15, -0.1) is 0 Å². The molecule has 7 heteroatoms. The van der Waals surface area contributed by atoms with E-state index in [9.17, 15) is 18.0 Å². The van der Waals surface area contributed by atoms with Crippen LogP contribution in [-0.4, -0.2) is 11.7 Å². The number of rotatable bonds is 2. The first-order chi connectivity index (χ1) is 9.40. The second-order valence-corrected chi connectivity index (χ2v) is 4.35. The van der Waals surface area contributed by atoms with E-state index < -0.39 is 17.7 Å². The Hall–Kier alpha value is -2.36. The Balaban J connectivity index is 1.95. The van der Waals surface area contributed by atoms with E-state index in [0.29, 0.717) is 18.6 Å². The number of benzene rings is 1. The number of carbonyl (C=O) groups is 1. The number of hydrogen-bond donors (Lipinski definition) is 0. The Morgan fingerprint density at radius 2 is 1.90 bits per heavy atom. The fourth-order valence-corrected chi connectivity index (χ4v) is 1.63. The van der Waals surface area contributed by atoms with Crippen molar-refractivity contribution >= 4 is 11.7 Å². The van der Waals surface area contributed by atoms with Gasteiger partial charge < -0.3 is 4.84 Å². The minimum absolute atomic E-state index is 0.0153. The van der Waals surface area contributed by atoms with Crippen LogP contribution in [0.2, 0.25) is 0 Å². The fourth-order valence-electron chi connectivity index (χ4n) is 1.63. The molecule has 20 heavy (non-hydrogen) atoms. The highest BCUT2D eigenvalue weighted by molar-refractivity contribution is 5.93. The summed E-state index contributed by atoms with van der Waals surface area (Å²) in [5.41, 5.74) is -0.258. The van der Waals surface area contributed by atoms with Gasteiger partial charge in [0.25, 0.3) is 0 Å². The van der Waals surface area contributed by atoms with Gasteiger partial charge in [0, 0.05) is 12.8 Å². The van der Waals surface area contributed by atoms with Crippen LogP contribution in [0.4, 0.5) is 13.2 Å². The lowest BCUT2D eigenvalue weighted by Crippen LogP contribution is -2.22. The van der Waals surface area contributed by atoms with Crippen LogP contribution >= 0.6 is 0 Å². The highest BCUT2D eigenvalue weighted by Crippen LogP contribution is 2.29. The van der Waals surface area contributed by atoms with Gasteiger partial charge in [-0.2, -0.15) is 18.4 Å². The zero-order valence-corrected chi connectivity index (χ0v) is 10.1. The first-order valence-electron chi connectivity index (χ1n) is 5.74. The fraction of sp³-hybridized carbons (Fsp3) is 0.308. The van der Waals surface area contributed by atoms with Gasteiger partial charge in [0.15, 0.2) is 0 Å². The van der Waals surface area contributed by atoms with Crippen molar-refractivity contribution in [2.45, 2.75) is 19.0 Å². The highest BCUT2D eigenvalue weighted by atomic mass is 19.4. The van der Waals surface area contributed by atoms with E-state index in [1.165, 1.54) is 0 Å². The zero-order valence-electron chi connectivity index (χ0n) is 10.1. The molecule has 1 aliphatic carbocycles. The van der Waals surface area contributed by atoms with Crippen LogP contribution in [0.15, 0.2) is 29.4 Å². The summed E-state index contributed by atoms with van der Waals surface area (Å²) >= 11 is 0. The predicted octanol–water partition coefficient (Wildman–Crippen LogP) is 3.15. The normalized spacial score (nSPS) is 17.9. The van der Waals surface area contributed by atoms with Crippen LogP contribution < -0.4 is 0 Å². The summed E-state index contributed by atoms with van der Waals surface area (Å²) in [6.45, 7) is 0. The first kappa shape index (κ1) is 14.1. The van der Waals surface area contributed by atoms with Gasteiger partial charge in [-0.3, -0.25) is 0 Å². The molecule has 0 aromatic heterocycles. The third-order valence-corrected chi connectivity index (χ3v) is 2.85. The van der Waals surface area contributed by atoms with Crippen LogP contribution in [0, 0.1) is 17.2 Å².